The SMILES string of the molecule is OCc1ccc(C(F)F)nn1. The first-order chi connectivity index (χ1) is 5.24. The van der Waals surface area contributed by atoms with Crippen molar-refractivity contribution in [1.29, 1.82) is 0 Å². The zero-order valence-electron chi connectivity index (χ0n) is 5.54. The summed E-state index contributed by atoms with van der Waals surface area (Å²) in [6.07, 6.45) is -2.60. The van der Waals surface area contributed by atoms with E-state index in [1.54, 1.807) is 0 Å². The van der Waals surface area contributed by atoms with Gasteiger partial charge in [0.25, 0.3) is 6.43 Å². The van der Waals surface area contributed by atoms with Gasteiger partial charge in [-0.15, -0.1) is 5.10 Å². The van der Waals surface area contributed by atoms with Gasteiger partial charge in [-0.2, -0.15) is 5.10 Å². The molecular weight excluding hydrogens is 154 g/mol. The Hall–Kier alpha value is -1.10. The number of aliphatic hydroxyl groups excluding tert-OH is 1. The van der Waals surface area contributed by atoms with Crippen LogP contribution in [0.2, 0.25) is 0 Å². The number of halogens is 2. The summed E-state index contributed by atoms with van der Waals surface area (Å²) in [7, 11) is 0. The Kier molecular flexibility index (Phi) is 2.43. The lowest BCUT2D eigenvalue weighted by molar-refractivity contribution is 0.144. The highest BCUT2D eigenvalue weighted by molar-refractivity contribution is 5.06. The van der Waals surface area contributed by atoms with Gasteiger partial charge < -0.3 is 5.11 Å². The molecule has 0 aliphatic heterocycles. The molecule has 1 rings (SSSR count). The van der Waals surface area contributed by atoms with Crippen LogP contribution in [0.5, 0.6) is 0 Å². The first-order valence-electron chi connectivity index (χ1n) is 2.95. The van der Waals surface area contributed by atoms with E-state index in [9.17, 15) is 8.78 Å². The Morgan fingerprint density at radius 2 is 2.09 bits per heavy atom. The highest BCUT2D eigenvalue weighted by Crippen LogP contribution is 2.14. The normalized spacial score (nSPS) is 10.5. The summed E-state index contributed by atoms with van der Waals surface area (Å²) in [5, 5.41) is 15.0. The second kappa shape index (κ2) is 3.34. The van der Waals surface area contributed by atoms with Crippen molar-refractivity contribution in [2.75, 3.05) is 0 Å². The van der Waals surface area contributed by atoms with Gasteiger partial charge in [-0.1, -0.05) is 0 Å². The lowest BCUT2D eigenvalue weighted by atomic mass is 10.3. The average molecular weight is 160 g/mol. The largest absolute Gasteiger partial charge is 0.390 e. The molecule has 0 aliphatic carbocycles. The second-order valence-corrected chi connectivity index (χ2v) is 1.91. The number of alkyl halides is 2. The van der Waals surface area contributed by atoms with Crippen molar-refractivity contribution in [3.05, 3.63) is 23.5 Å². The van der Waals surface area contributed by atoms with Crippen molar-refractivity contribution >= 4 is 0 Å². The Balaban J connectivity index is 2.83. The lowest BCUT2D eigenvalue weighted by Gasteiger charge is -1.96. The molecule has 0 bridgehead atoms. The Morgan fingerprint density at radius 1 is 1.36 bits per heavy atom. The summed E-state index contributed by atoms with van der Waals surface area (Å²) in [5.41, 5.74) is -0.0865. The van der Waals surface area contributed by atoms with Gasteiger partial charge in [0.2, 0.25) is 0 Å². The molecule has 0 atom stereocenters. The van der Waals surface area contributed by atoms with Crippen molar-refractivity contribution in [3.8, 4) is 0 Å². The van der Waals surface area contributed by atoms with E-state index >= 15 is 0 Å². The number of hydrogen-bond donors (Lipinski definition) is 1. The molecule has 1 aromatic heterocycles. The van der Waals surface area contributed by atoms with Crippen molar-refractivity contribution in [2.24, 2.45) is 0 Å². The van der Waals surface area contributed by atoms with Crippen LogP contribution in [0.25, 0.3) is 0 Å². The minimum Gasteiger partial charge on any atom is -0.390 e. The van der Waals surface area contributed by atoms with E-state index in [2.05, 4.69) is 10.2 Å². The molecule has 0 aliphatic rings. The van der Waals surface area contributed by atoms with Crippen LogP contribution in [0.15, 0.2) is 12.1 Å². The summed E-state index contributed by atoms with van der Waals surface area (Å²) >= 11 is 0. The van der Waals surface area contributed by atoms with E-state index in [4.69, 9.17) is 5.11 Å². The molecule has 0 fully saturated rings. The summed E-state index contributed by atoms with van der Waals surface area (Å²) in [5.74, 6) is 0. The molecule has 11 heavy (non-hydrogen) atoms. The maximum absolute atomic E-state index is 11.8. The van der Waals surface area contributed by atoms with Crippen LogP contribution in [-0.2, 0) is 6.61 Å². The standard InChI is InChI=1S/C6H6F2N2O/c7-6(8)5-2-1-4(3-11)9-10-5/h1-2,6,11H,3H2. The van der Waals surface area contributed by atoms with E-state index in [0.29, 0.717) is 0 Å². The third-order valence-corrected chi connectivity index (χ3v) is 1.13. The van der Waals surface area contributed by atoms with Crippen LogP contribution in [0.4, 0.5) is 8.78 Å². The van der Waals surface area contributed by atoms with Gasteiger partial charge in [0, 0.05) is 0 Å². The predicted octanol–water partition coefficient (Wildman–Crippen LogP) is 0.906. The molecule has 3 nitrogen and oxygen atoms in total. The van der Waals surface area contributed by atoms with Crippen LogP contribution in [0.1, 0.15) is 17.8 Å². The topological polar surface area (TPSA) is 46.0 Å². The summed E-state index contributed by atoms with van der Waals surface area (Å²) in [4.78, 5) is 0. The van der Waals surface area contributed by atoms with E-state index in [0.717, 1.165) is 6.07 Å². The number of hydrogen-bond acceptors (Lipinski definition) is 3. The van der Waals surface area contributed by atoms with Crippen molar-refractivity contribution < 1.29 is 13.9 Å². The quantitative estimate of drug-likeness (QED) is 0.699. The minimum atomic E-state index is -2.60. The molecule has 60 valence electrons. The Labute approximate surface area is 61.7 Å². The van der Waals surface area contributed by atoms with Crippen molar-refractivity contribution in [2.45, 2.75) is 13.0 Å². The maximum Gasteiger partial charge on any atom is 0.282 e. The molecular formula is C6H6F2N2O. The van der Waals surface area contributed by atoms with E-state index in [1.165, 1.54) is 6.07 Å². The molecule has 1 N–H and O–H groups in total. The molecule has 0 spiro atoms. The summed E-state index contributed by atoms with van der Waals surface area (Å²) < 4.78 is 23.7. The van der Waals surface area contributed by atoms with E-state index in [1.807, 2.05) is 0 Å². The summed E-state index contributed by atoms with van der Waals surface area (Å²) in [6, 6.07) is 2.46. The molecule has 0 unspecified atom stereocenters. The van der Waals surface area contributed by atoms with E-state index in [-0.39, 0.29) is 18.0 Å². The number of rotatable bonds is 2. The number of nitrogens with zero attached hydrogens (tertiary/aromatic N) is 2. The van der Waals surface area contributed by atoms with Gasteiger partial charge in [0.1, 0.15) is 5.69 Å². The number of aromatic nitrogens is 2. The van der Waals surface area contributed by atoms with Gasteiger partial charge in [-0.3, -0.25) is 0 Å². The zero-order chi connectivity index (χ0) is 8.27. The fourth-order valence-corrected chi connectivity index (χ4v) is 0.571. The third kappa shape index (κ3) is 1.91. The van der Waals surface area contributed by atoms with E-state index < -0.39 is 6.43 Å². The highest BCUT2D eigenvalue weighted by Gasteiger charge is 2.08. The second-order valence-electron chi connectivity index (χ2n) is 1.91. The maximum atomic E-state index is 11.8. The van der Waals surface area contributed by atoms with Gasteiger partial charge >= 0.3 is 0 Å². The summed E-state index contributed by atoms with van der Waals surface area (Å²) in [6.45, 7) is -0.281. The minimum absolute atomic E-state index is 0.281. The molecule has 0 saturated heterocycles. The molecule has 0 radical (unpaired) electrons. The smallest absolute Gasteiger partial charge is 0.282 e. The van der Waals surface area contributed by atoms with Crippen LogP contribution in [0, 0.1) is 0 Å². The first kappa shape index (κ1) is 8.00. The molecule has 0 saturated carbocycles. The molecule has 1 heterocycles. The van der Waals surface area contributed by atoms with Gasteiger partial charge in [0.15, 0.2) is 0 Å². The van der Waals surface area contributed by atoms with Crippen LogP contribution < -0.4 is 0 Å². The van der Waals surface area contributed by atoms with Gasteiger partial charge in [0.05, 0.1) is 12.3 Å². The van der Waals surface area contributed by atoms with Crippen LogP contribution >= 0.6 is 0 Å². The van der Waals surface area contributed by atoms with Crippen LogP contribution in [-0.4, -0.2) is 15.3 Å². The molecule has 0 amide bonds. The van der Waals surface area contributed by atoms with Crippen molar-refractivity contribution in [3.63, 3.8) is 0 Å². The Bertz CT molecular complexity index is 225. The van der Waals surface area contributed by atoms with Gasteiger partial charge in [-0.25, -0.2) is 8.78 Å². The highest BCUT2D eigenvalue weighted by atomic mass is 19.3. The number of aliphatic hydroxyl groups is 1. The molecule has 5 heteroatoms. The fraction of sp³-hybridized carbons (Fsp3) is 0.333. The average Bonchev–Trinajstić information content (AvgIpc) is 2.05. The van der Waals surface area contributed by atoms with Crippen molar-refractivity contribution in [1.82, 2.24) is 10.2 Å². The molecule has 1 aromatic rings. The lowest BCUT2D eigenvalue weighted by Crippen LogP contribution is -1.96. The predicted molar refractivity (Wildman–Crippen MR) is 32.9 cm³/mol. The van der Waals surface area contributed by atoms with Crippen LogP contribution in [0.3, 0.4) is 0 Å². The third-order valence-electron chi connectivity index (χ3n) is 1.13. The molecule has 0 aromatic carbocycles. The fourth-order valence-electron chi connectivity index (χ4n) is 0.571. The first-order valence-corrected chi connectivity index (χ1v) is 2.95. The Morgan fingerprint density at radius 3 is 2.45 bits per heavy atom. The van der Waals surface area contributed by atoms with Gasteiger partial charge in [-0.05, 0) is 12.1 Å². The monoisotopic (exact) mass is 160 g/mol. The zero-order valence-corrected chi connectivity index (χ0v) is 5.54.